The summed E-state index contributed by atoms with van der Waals surface area (Å²) < 4.78 is 10.9. The van der Waals surface area contributed by atoms with Gasteiger partial charge in [0.05, 0.1) is 12.7 Å². The van der Waals surface area contributed by atoms with Crippen LogP contribution in [0.2, 0.25) is 0 Å². The zero-order valence-corrected chi connectivity index (χ0v) is 16.2. The second-order valence-electron chi connectivity index (χ2n) is 6.57. The molecule has 0 saturated carbocycles. The minimum Gasteiger partial charge on any atom is -0.486 e. The average Bonchev–Trinajstić information content (AvgIpc) is 2.74. The van der Waals surface area contributed by atoms with Gasteiger partial charge in [0.1, 0.15) is 11.9 Å². The van der Waals surface area contributed by atoms with Gasteiger partial charge in [-0.2, -0.15) is 0 Å². The molecular formula is C25H24O3. The summed E-state index contributed by atoms with van der Waals surface area (Å²) in [5.41, 5.74) is 3.89. The molecule has 0 aliphatic rings. The number of carbonyl (C=O) groups excluding carboxylic acids is 1. The van der Waals surface area contributed by atoms with E-state index in [1.54, 1.807) is 0 Å². The Morgan fingerprint density at radius 3 is 2.04 bits per heavy atom. The van der Waals surface area contributed by atoms with Crippen LogP contribution in [0.25, 0.3) is 6.08 Å². The lowest BCUT2D eigenvalue weighted by Gasteiger charge is -2.17. The third-order valence-corrected chi connectivity index (χ3v) is 4.47. The van der Waals surface area contributed by atoms with E-state index in [-0.39, 0.29) is 0 Å². The molecule has 142 valence electrons. The predicted octanol–water partition coefficient (Wildman–Crippen LogP) is 5.30. The van der Waals surface area contributed by atoms with Gasteiger partial charge in [0, 0.05) is 0 Å². The number of hydrogen-bond acceptors (Lipinski definition) is 3. The van der Waals surface area contributed by atoms with Crippen molar-refractivity contribution in [2.75, 3.05) is 7.11 Å². The van der Waals surface area contributed by atoms with Gasteiger partial charge in [-0.1, -0.05) is 72.8 Å². The van der Waals surface area contributed by atoms with Gasteiger partial charge in [0.2, 0.25) is 0 Å². The molecule has 0 bridgehead atoms. The van der Waals surface area contributed by atoms with Crippen molar-refractivity contribution in [3.05, 3.63) is 107 Å². The van der Waals surface area contributed by atoms with Crippen LogP contribution >= 0.6 is 0 Å². The maximum absolute atomic E-state index is 12.3. The number of esters is 1. The smallest absolute Gasteiger partial charge is 0.337 e. The predicted molar refractivity (Wildman–Crippen MR) is 112 cm³/mol. The fraction of sp³-hybridized carbons (Fsp3) is 0.160. The Balaban J connectivity index is 1.77. The SMILES string of the molecule is COC(=O)/C(=C\c1ccc(Cc2ccccc2)cc1)C(C)Oc1ccccc1. The molecule has 3 rings (SSSR count). The third kappa shape index (κ3) is 5.34. The van der Waals surface area contributed by atoms with Crippen LogP contribution in [-0.2, 0) is 16.0 Å². The number of para-hydroxylation sites is 1. The van der Waals surface area contributed by atoms with Crippen LogP contribution in [0.1, 0.15) is 23.6 Å². The molecule has 1 unspecified atom stereocenters. The average molecular weight is 372 g/mol. The lowest BCUT2D eigenvalue weighted by Crippen LogP contribution is -2.22. The molecule has 0 heterocycles. The molecule has 0 aromatic heterocycles. The van der Waals surface area contributed by atoms with Crippen LogP contribution in [0.4, 0.5) is 0 Å². The van der Waals surface area contributed by atoms with Crippen molar-refractivity contribution in [1.29, 1.82) is 0 Å². The fourth-order valence-electron chi connectivity index (χ4n) is 2.97. The molecule has 0 radical (unpaired) electrons. The van der Waals surface area contributed by atoms with Crippen LogP contribution in [0.5, 0.6) is 5.75 Å². The Hall–Kier alpha value is -3.33. The van der Waals surface area contributed by atoms with Crippen LogP contribution in [-0.4, -0.2) is 19.2 Å². The molecule has 0 amide bonds. The third-order valence-electron chi connectivity index (χ3n) is 4.47. The zero-order chi connectivity index (χ0) is 19.8. The topological polar surface area (TPSA) is 35.5 Å². The van der Waals surface area contributed by atoms with Crippen LogP contribution in [0, 0.1) is 0 Å². The molecule has 0 N–H and O–H groups in total. The van der Waals surface area contributed by atoms with E-state index in [1.165, 1.54) is 18.2 Å². The van der Waals surface area contributed by atoms with Crippen molar-refractivity contribution in [2.45, 2.75) is 19.4 Å². The highest BCUT2D eigenvalue weighted by Crippen LogP contribution is 2.19. The molecule has 0 saturated heterocycles. The van der Waals surface area contributed by atoms with Crippen molar-refractivity contribution >= 4 is 12.0 Å². The van der Waals surface area contributed by atoms with Gasteiger partial charge >= 0.3 is 5.97 Å². The molecule has 3 heteroatoms. The monoisotopic (exact) mass is 372 g/mol. The molecule has 3 aromatic carbocycles. The van der Waals surface area contributed by atoms with Crippen molar-refractivity contribution in [2.24, 2.45) is 0 Å². The largest absolute Gasteiger partial charge is 0.486 e. The molecule has 0 aliphatic heterocycles. The van der Waals surface area contributed by atoms with Gasteiger partial charge in [-0.3, -0.25) is 0 Å². The number of rotatable bonds is 7. The summed E-state index contributed by atoms with van der Waals surface area (Å²) in [5.74, 6) is 0.319. The van der Waals surface area contributed by atoms with Crippen LogP contribution in [0.3, 0.4) is 0 Å². The molecule has 0 aliphatic carbocycles. The summed E-state index contributed by atoms with van der Waals surface area (Å²) in [5, 5.41) is 0. The van der Waals surface area contributed by atoms with Crippen molar-refractivity contribution in [1.82, 2.24) is 0 Å². The molecule has 3 nitrogen and oxygen atoms in total. The lowest BCUT2D eigenvalue weighted by molar-refractivity contribution is -0.136. The lowest BCUT2D eigenvalue weighted by atomic mass is 10.0. The number of benzene rings is 3. The first kappa shape index (κ1) is 19.4. The highest BCUT2D eigenvalue weighted by atomic mass is 16.5. The maximum atomic E-state index is 12.3. The zero-order valence-electron chi connectivity index (χ0n) is 16.2. The molecule has 1 atom stereocenters. The summed E-state index contributed by atoms with van der Waals surface area (Å²) in [7, 11) is 1.38. The summed E-state index contributed by atoms with van der Waals surface area (Å²) in [4.78, 5) is 12.3. The summed E-state index contributed by atoms with van der Waals surface area (Å²) in [6.07, 6.45) is 2.27. The maximum Gasteiger partial charge on any atom is 0.337 e. The van der Waals surface area contributed by atoms with Gasteiger partial charge in [-0.25, -0.2) is 4.79 Å². The van der Waals surface area contributed by atoms with E-state index in [0.29, 0.717) is 11.3 Å². The molecule has 0 spiro atoms. The quantitative estimate of drug-likeness (QED) is 0.417. The van der Waals surface area contributed by atoms with Gasteiger partial charge in [0.25, 0.3) is 0 Å². The van der Waals surface area contributed by atoms with Gasteiger partial charge < -0.3 is 9.47 Å². The second-order valence-corrected chi connectivity index (χ2v) is 6.57. The van der Waals surface area contributed by atoms with Crippen molar-refractivity contribution in [3.63, 3.8) is 0 Å². The Bertz CT molecular complexity index is 913. The molecule has 28 heavy (non-hydrogen) atoms. The first-order valence-electron chi connectivity index (χ1n) is 9.30. The van der Waals surface area contributed by atoms with E-state index in [9.17, 15) is 4.79 Å². The summed E-state index contributed by atoms with van der Waals surface area (Å²) >= 11 is 0. The Labute approximate surface area is 166 Å². The van der Waals surface area contributed by atoms with Gasteiger partial charge in [0.15, 0.2) is 0 Å². The summed E-state index contributed by atoms with van der Waals surface area (Å²) in [6, 6.07) is 28.0. The minimum atomic E-state index is -0.432. The molecule has 3 aromatic rings. The standard InChI is InChI=1S/C25H24O3/c1-19(28-23-11-7-4-8-12-23)24(25(26)27-2)18-22-15-13-21(14-16-22)17-20-9-5-3-6-10-20/h3-16,18-19H,17H2,1-2H3/b24-18-. The Morgan fingerprint density at radius 1 is 0.857 bits per heavy atom. The number of ether oxygens (including phenoxy) is 2. The van der Waals surface area contributed by atoms with Crippen molar-refractivity contribution < 1.29 is 14.3 Å². The first-order chi connectivity index (χ1) is 13.7. The number of methoxy groups -OCH3 is 1. The van der Waals surface area contributed by atoms with E-state index < -0.39 is 12.1 Å². The first-order valence-corrected chi connectivity index (χ1v) is 9.30. The van der Waals surface area contributed by atoms with Gasteiger partial charge in [-0.15, -0.1) is 0 Å². The van der Waals surface area contributed by atoms with Crippen molar-refractivity contribution in [3.8, 4) is 5.75 Å². The highest BCUT2D eigenvalue weighted by Gasteiger charge is 2.19. The molecular weight excluding hydrogens is 348 g/mol. The number of hydrogen-bond donors (Lipinski definition) is 0. The Morgan fingerprint density at radius 2 is 1.43 bits per heavy atom. The molecule has 0 fully saturated rings. The van der Waals surface area contributed by atoms with E-state index in [0.717, 1.165) is 12.0 Å². The second kappa shape index (κ2) is 9.56. The van der Waals surface area contributed by atoms with Gasteiger partial charge in [-0.05, 0) is 48.2 Å². The Kier molecular flexibility index (Phi) is 6.64. The fourth-order valence-corrected chi connectivity index (χ4v) is 2.97. The normalized spacial score (nSPS) is 12.3. The van der Waals surface area contributed by atoms with E-state index in [4.69, 9.17) is 9.47 Å². The summed E-state index contributed by atoms with van der Waals surface area (Å²) in [6.45, 7) is 1.85. The van der Waals surface area contributed by atoms with E-state index in [2.05, 4.69) is 24.3 Å². The number of carbonyl (C=O) groups is 1. The minimum absolute atomic E-state index is 0.392. The van der Waals surface area contributed by atoms with Crippen LogP contribution < -0.4 is 4.74 Å². The van der Waals surface area contributed by atoms with Crippen LogP contribution in [0.15, 0.2) is 90.5 Å². The van der Waals surface area contributed by atoms with E-state index in [1.807, 2.05) is 73.7 Å². The highest BCUT2D eigenvalue weighted by molar-refractivity contribution is 5.94. The van der Waals surface area contributed by atoms with E-state index >= 15 is 0 Å².